The highest BCUT2D eigenvalue weighted by Crippen LogP contribution is 2.33. The molecule has 0 aliphatic rings. The molecule has 0 bridgehead atoms. The molecule has 0 aromatic rings. The van der Waals surface area contributed by atoms with Crippen molar-refractivity contribution in [1.82, 2.24) is 0 Å². The van der Waals surface area contributed by atoms with Crippen LogP contribution in [-0.2, 0) is 14.0 Å². The third-order valence-electron chi connectivity index (χ3n) is 0.426. The third kappa shape index (κ3) is 8.07. The number of hydrogen-bond donors (Lipinski definition) is 2. The van der Waals surface area contributed by atoms with Crippen LogP contribution in [0.4, 0.5) is 0 Å². The topological polar surface area (TPSA) is 76.0 Å². The van der Waals surface area contributed by atoms with E-state index in [4.69, 9.17) is 9.79 Å². The second-order valence-corrected chi connectivity index (χ2v) is 2.91. The highest BCUT2D eigenvalue weighted by molar-refractivity contribution is 7.51. The third-order valence-corrected chi connectivity index (χ3v) is 0.945. The molecule has 0 atom stereocenters. The maximum atomic E-state index is 10.00. The molecule has 0 aromatic heterocycles. The molecule has 0 saturated carbocycles. The predicted molar refractivity (Wildman–Crippen MR) is 29.3 cm³/mol. The van der Waals surface area contributed by atoms with Crippen LogP contribution in [0, 0.1) is 7.11 Å². The molecule has 2 N–H and O–H groups in total. The van der Waals surface area contributed by atoms with E-state index in [9.17, 15) is 4.57 Å². The first-order valence-corrected chi connectivity index (χ1v) is 3.85. The summed E-state index contributed by atoms with van der Waals surface area (Å²) in [5, 5.41) is 0. The molecule has 0 aliphatic carbocycles. The van der Waals surface area contributed by atoms with Gasteiger partial charge in [0.05, 0.1) is 7.11 Å². The van der Waals surface area contributed by atoms with Gasteiger partial charge in [0.1, 0.15) is 6.79 Å². The normalized spacial score (nSPS) is 11.9. The summed E-state index contributed by atoms with van der Waals surface area (Å²) in [5.41, 5.74) is 0. The van der Waals surface area contributed by atoms with Crippen molar-refractivity contribution in [3.05, 3.63) is 7.11 Å². The highest BCUT2D eigenvalue weighted by Gasteiger charge is 2.11. The minimum Gasteiger partial charge on any atom is -0.353 e. The van der Waals surface area contributed by atoms with Crippen LogP contribution in [0.25, 0.3) is 0 Å². The Bertz CT molecular complexity index is 107. The van der Waals surface area contributed by atoms with Gasteiger partial charge in [-0.05, 0) is 0 Å². The van der Waals surface area contributed by atoms with Crippen molar-refractivity contribution in [2.45, 2.75) is 0 Å². The van der Waals surface area contributed by atoms with Crippen LogP contribution in [0.1, 0.15) is 0 Å². The van der Waals surface area contributed by atoms with E-state index in [1.54, 1.807) is 0 Å². The molecule has 1 radical (unpaired) electrons. The zero-order chi connectivity index (χ0) is 7.33. The summed E-state index contributed by atoms with van der Waals surface area (Å²) in [6, 6.07) is 0. The molecule has 5 nitrogen and oxygen atoms in total. The number of hydrogen-bond acceptors (Lipinski definition) is 3. The first kappa shape index (κ1) is 9.07. The first-order valence-electron chi connectivity index (χ1n) is 2.05. The number of ether oxygens (including phenoxy) is 2. The summed E-state index contributed by atoms with van der Waals surface area (Å²) in [7, 11) is -1.10. The van der Waals surface area contributed by atoms with Gasteiger partial charge in [-0.1, -0.05) is 0 Å². The Morgan fingerprint density at radius 2 is 2.11 bits per heavy atom. The molecule has 0 spiro atoms. The van der Waals surface area contributed by atoms with Crippen LogP contribution in [-0.4, -0.2) is 22.9 Å². The van der Waals surface area contributed by atoms with Crippen LogP contribution in [0.2, 0.25) is 0 Å². The van der Waals surface area contributed by atoms with Crippen LogP contribution in [0.15, 0.2) is 0 Å². The number of rotatable bonds is 4. The molecule has 0 unspecified atom stereocenters. The first-order chi connectivity index (χ1) is 4.06. The predicted octanol–water partition coefficient (Wildman–Crippen LogP) is -0.0961. The standard InChI is InChI=1S/C3H8O5P/c1-7-2-8-3-9(4,5)6/h1-3H2,(H2,4,5,6). The fraction of sp³-hybridized carbons (Fsp3) is 0.667. The van der Waals surface area contributed by atoms with Crippen molar-refractivity contribution in [3.8, 4) is 0 Å². The van der Waals surface area contributed by atoms with Gasteiger partial charge in [-0.15, -0.1) is 0 Å². The molecule has 0 amide bonds. The van der Waals surface area contributed by atoms with Crippen LogP contribution in [0.3, 0.4) is 0 Å². The molecule has 9 heavy (non-hydrogen) atoms. The SMILES string of the molecule is [CH2]OCOCP(=O)(O)O. The van der Waals surface area contributed by atoms with Crippen molar-refractivity contribution >= 4 is 7.60 Å². The van der Waals surface area contributed by atoms with E-state index in [1.165, 1.54) is 0 Å². The van der Waals surface area contributed by atoms with E-state index in [2.05, 4.69) is 16.6 Å². The minimum atomic E-state index is -4.03. The van der Waals surface area contributed by atoms with Gasteiger partial charge >= 0.3 is 7.60 Å². The van der Waals surface area contributed by atoms with Gasteiger partial charge in [0.15, 0.2) is 6.35 Å². The summed E-state index contributed by atoms with van der Waals surface area (Å²) in [6.45, 7) is -0.203. The van der Waals surface area contributed by atoms with E-state index < -0.39 is 13.9 Å². The van der Waals surface area contributed by atoms with Gasteiger partial charge in [-0.3, -0.25) is 4.57 Å². The summed E-state index contributed by atoms with van der Waals surface area (Å²) in [5.74, 6) is 0. The minimum absolute atomic E-state index is 0.203. The van der Waals surface area contributed by atoms with Gasteiger partial charge in [-0.25, -0.2) is 0 Å². The molecule has 6 heteroatoms. The lowest BCUT2D eigenvalue weighted by Gasteiger charge is -2.02. The molecule has 0 heterocycles. The summed E-state index contributed by atoms with van der Waals surface area (Å²) in [4.78, 5) is 16.3. The monoisotopic (exact) mass is 155 g/mol. The Labute approximate surface area is 52.7 Å². The fourth-order valence-electron chi connectivity index (χ4n) is 0.215. The van der Waals surface area contributed by atoms with E-state index in [1.807, 2.05) is 0 Å². The zero-order valence-electron chi connectivity index (χ0n) is 4.69. The Morgan fingerprint density at radius 1 is 1.56 bits per heavy atom. The summed E-state index contributed by atoms with van der Waals surface area (Å²) < 4.78 is 18.4. The summed E-state index contributed by atoms with van der Waals surface area (Å²) in [6.07, 6.45) is -0.622. The lowest BCUT2D eigenvalue weighted by atomic mass is 11.4. The zero-order valence-corrected chi connectivity index (χ0v) is 5.58. The molecular formula is C3H8O5P. The molecule has 0 fully saturated rings. The van der Waals surface area contributed by atoms with Crippen LogP contribution < -0.4 is 0 Å². The van der Waals surface area contributed by atoms with E-state index >= 15 is 0 Å². The smallest absolute Gasteiger partial charge is 0.351 e. The van der Waals surface area contributed by atoms with Gasteiger partial charge in [0.25, 0.3) is 0 Å². The lowest BCUT2D eigenvalue weighted by molar-refractivity contribution is 0.000831. The average Bonchev–Trinajstić information content (AvgIpc) is 1.63. The lowest BCUT2D eigenvalue weighted by Crippen LogP contribution is -1.97. The Kier molecular flexibility index (Phi) is 4.01. The Balaban J connectivity index is 3.18. The molecule has 0 aliphatic heterocycles. The van der Waals surface area contributed by atoms with Gasteiger partial charge in [0, 0.05) is 0 Å². The molecule has 0 aromatic carbocycles. The van der Waals surface area contributed by atoms with Crippen molar-refractivity contribution in [2.24, 2.45) is 0 Å². The maximum Gasteiger partial charge on any atom is 0.351 e. The second-order valence-electron chi connectivity index (χ2n) is 1.32. The quantitative estimate of drug-likeness (QED) is 0.337. The Morgan fingerprint density at radius 3 is 2.44 bits per heavy atom. The van der Waals surface area contributed by atoms with Crippen molar-refractivity contribution in [2.75, 3.05) is 13.1 Å². The van der Waals surface area contributed by atoms with Crippen molar-refractivity contribution in [1.29, 1.82) is 0 Å². The average molecular weight is 155 g/mol. The van der Waals surface area contributed by atoms with Crippen molar-refractivity contribution < 1.29 is 23.8 Å². The highest BCUT2D eigenvalue weighted by atomic mass is 31.2. The largest absolute Gasteiger partial charge is 0.353 e. The van der Waals surface area contributed by atoms with E-state index in [0.717, 1.165) is 0 Å². The molecule has 55 valence electrons. The van der Waals surface area contributed by atoms with Gasteiger partial charge < -0.3 is 19.3 Å². The van der Waals surface area contributed by atoms with Gasteiger partial charge in [0.2, 0.25) is 0 Å². The van der Waals surface area contributed by atoms with Crippen molar-refractivity contribution in [3.63, 3.8) is 0 Å². The Hall–Kier alpha value is 0.0700. The van der Waals surface area contributed by atoms with E-state index in [-0.39, 0.29) is 6.79 Å². The second kappa shape index (κ2) is 3.98. The van der Waals surface area contributed by atoms with Gasteiger partial charge in [-0.2, -0.15) is 0 Å². The van der Waals surface area contributed by atoms with Crippen LogP contribution in [0.5, 0.6) is 0 Å². The molecular weight excluding hydrogens is 147 g/mol. The fourth-order valence-corrected chi connectivity index (χ4v) is 0.527. The van der Waals surface area contributed by atoms with E-state index in [0.29, 0.717) is 0 Å². The van der Waals surface area contributed by atoms with Crippen LogP contribution >= 0.6 is 7.60 Å². The molecule has 0 saturated heterocycles. The maximum absolute atomic E-state index is 10.00. The summed E-state index contributed by atoms with van der Waals surface area (Å²) >= 11 is 0. The molecule has 0 rings (SSSR count).